The summed E-state index contributed by atoms with van der Waals surface area (Å²) in [5.74, 6) is -2.36. The highest BCUT2D eigenvalue weighted by Crippen LogP contribution is 2.47. The van der Waals surface area contributed by atoms with Gasteiger partial charge in [-0.3, -0.25) is 9.59 Å². The standard InChI is InChI=1S/C12H21NO4/c1-11(2)8(6-7-9(14)13(4)5)10(15)17-12(11,3)16/h8,16H,6-7H2,1-5H3/t8-,12+/m0/s1. The highest BCUT2D eigenvalue weighted by atomic mass is 16.7. The molecule has 1 saturated heterocycles. The molecule has 98 valence electrons. The fourth-order valence-electron chi connectivity index (χ4n) is 1.99. The molecule has 1 rings (SSSR count). The maximum absolute atomic E-state index is 11.7. The van der Waals surface area contributed by atoms with Gasteiger partial charge in [-0.2, -0.15) is 0 Å². The number of cyclic esters (lactones) is 1. The molecule has 0 saturated carbocycles. The molecule has 0 unspecified atom stereocenters. The van der Waals surface area contributed by atoms with Crippen LogP contribution in [-0.4, -0.2) is 41.8 Å². The predicted octanol–water partition coefficient (Wildman–Crippen LogP) is 0.762. The van der Waals surface area contributed by atoms with Crippen molar-refractivity contribution in [2.75, 3.05) is 14.1 Å². The third kappa shape index (κ3) is 2.44. The first-order valence-electron chi connectivity index (χ1n) is 5.75. The summed E-state index contributed by atoms with van der Waals surface area (Å²) >= 11 is 0. The van der Waals surface area contributed by atoms with Gasteiger partial charge in [0, 0.05) is 32.9 Å². The van der Waals surface area contributed by atoms with Crippen LogP contribution >= 0.6 is 0 Å². The Hall–Kier alpha value is -1.10. The molecule has 1 amide bonds. The van der Waals surface area contributed by atoms with Crippen molar-refractivity contribution in [3.8, 4) is 0 Å². The largest absolute Gasteiger partial charge is 0.433 e. The molecule has 1 aliphatic rings. The van der Waals surface area contributed by atoms with Crippen LogP contribution in [0.1, 0.15) is 33.6 Å². The number of carbonyl (C=O) groups is 2. The quantitative estimate of drug-likeness (QED) is 0.743. The van der Waals surface area contributed by atoms with Gasteiger partial charge < -0.3 is 14.7 Å². The van der Waals surface area contributed by atoms with E-state index in [9.17, 15) is 14.7 Å². The third-order valence-electron chi connectivity index (χ3n) is 3.80. The molecular weight excluding hydrogens is 222 g/mol. The van der Waals surface area contributed by atoms with Crippen molar-refractivity contribution in [1.29, 1.82) is 0 Å². The zero-order chi connectivity index (χ0) is 13.4. The van der Waals surface area contributed by atoms with Gasteiger partial charge in [-0.15, -0.1) is 0 Å². The van der Waals surface area contributed by atoms with E-state index in [0.717, 1.165) is 0 Å². The summed E-state index contributed by atoms with van der Waals surface area (Å²) in [6.45, 7) is 5.05. The van der Waals surface area contributed by atoms with E-state index in [1.165, 1.54) is 11.8 Å². The summed E-state index contributed by atoms with van der Waals surface area (Å²) in [6, 6.07) is 0. The van der Waals surface area contributed by atoms with E-state index in [4.69, 9.17) is 4.74 Å². The van der Waals surface area contributed by atoms with Crippen molar-refractivity contribution in [1.82, 2.24) is 4.90 Å². The fourth-order valence-corrected chi connectivity index (χ4v) is 1.99. The second-order valence-electron chi connectivity index (χ2n) is 5.51. The van der Waals surface area contributed by atoms with Crippen molar-refractivity contribution in [2.24, 2.45) is 11.3 Å². The van der Waals surface area contributed by atoms with Gasteiger partial charge in [0.05, 0.1) is 5.92 Å². The van der Waals surface area contributed by atoms with Crippen LogP contribution < -0.4 is 0 Å². The monoisotopic (exact) mass is 243 g/mol. The van der Waals surface area contributed by atoms with Crippen LogP contribution in [0.5, 0.6) is 0 Å². The first kappa shape index (κ1) is 14.0. The number of nitrogens with zero attached hydrogens (tertiary/aromatic N) is 1. The molecular formula is C12H21NO4. The fraction of sp³-hybridized carbons (Fsp3) is 0.833. The summed E-state index contributed by atoms with van der Waals surface area (Å²) in [5, 5.41) is 10.00. The average Bonchev–Trinajstić information content (AvgIpc) is 2.29. The normalized spacial score (nSPS) is 31.2. The summed E-state index contributed by atoms with van der Waals surface area (Å²) in [5.41, 5.74) is -0.684. The van der Waals surface area contributed by atoms with E-state index in [1.54, 1.807) is 27.9 Å². The number of carbonyl (C=O) groups excluding carboxylic acids is 2. The van der Waals surface area contributed by atoms with Crippen LogP contribution in [0, 0.1) is 11.3 Å². The van der Waals surface area contributed by atoms with Crippen molar-refractivity contribution >= 4 is 11.9 Å². The SMILES string of the molecule is CN(C)C(=O)CC[C@H]1C(=O)O[C@@](C)(O)C1(C)C. The topological polar surface area (TPSA) is 66.8 Å². The Kier molecular flexibility index (Phi) is 3.52. The van der Waals surface area contributed by atoms with Crippen LogP contribution in [0.4, 0.5) is 0 Å². The minimum Gasteiger partial charge on any atom is -0.433 e. The highest BCUT2D eigenvalue weighted by molar-refractivity contribution is 5.79. The molecule has 5 heteroatoms. The van der Waals surface area contributed by atoms with Crippen LogP contribution in [0.25, 0.3) is 0 Å². The molecule has 2 atom stereocenters. The van der Waals surface area contributed by atoms with Gasteiger partial charge in [-0.1, -0.05) is 13.8 Å². The van der Waals surface area contributed by atoms with E-state index in [1.807, 2.05) is 0 Å². The molecule has 0 bridgehead atoms. The lowest BCUT2D eigenvalue weighted by Crippen LogP contribution is -2.41. The number of rotatable bonds is 3. The maximum Gasteiger partial charge on any atom is 0.312 e. The maximum atomic E-state index is 11.7. The zero-order valence-corrected chi connectivity index (χ0v) is 11.1. The Morgan fingerprint density at radius 3 is 2.29 bits per heavy atom. The first-order valence-corrected chi connectivity index (χ1v) is 5.75. The van der Waals surface area contributed by atoms with E-state index in [-0.39, 0.29) is 12.3 Å². The van der Waals surface area contributed by atoms with Gasteiger partial charge in [0.1, 0.15) is 0 Å². The summed E-state index contributed by atoms with van der Waals surface area (Å²) in [6.07, 6.45) is 0.686. The molecule has 5 nitrogen and oxygen atoms in total. The van der Waals surface area contributed by atoms with Gasteiger partial charge in [-0.05, 0) is 6.42 Å². The van der Waals surface area contributed by atoms with Crippen molar-refractivity contribution in [3.63, 3.8) is 0 Å². The predicted molar refractivity (Wildman–Crippen MR) is 61.9 cm³/mol. The molecule has 1 N–H and O–H groups in total. The molecule has 0 aliphatic carbocycles. The lowest BCUT2D eigenvalue weighted by Gasteiger charge is -2.32. The molecule has 1 fully saturated rings. The second-order valence-corrected chi connectivity index (χ2v) is 5.51. The number of amides is 1. The Bertz CT molecular complexity index is 333. The second kappa shape index (κ2) is 4.29. The summed E-state index contributed by atoms with van der Waals surface area (Å²) < 4.78 is 4.96. The van der Waals surface area contributed by atoms with Gasteiger partial charge in [0.15, 0.2) is 0 Å². The van der Waals surface area contributed by atoms with E-state index in [2.05, 4.69) is 0 Å². The van der Waals surface area contributed by atoms with E-state index in [0.29, 0.717) is 6.42 Å². The number of ether oxygens (including phenoxy) is 1. The third-order valence-corrected chi connectivity index (χ3v) is 3.80. The molecule has 0 radical (unpaired) electrons. The zero-order valence-electron chi connectivity index (χ0n) is 11.1. The van der Waals surface area contributed by atoms with Crippen LogP contribution in [0.3, 0.4) is 0 Å². The van der Waals surface area contributed by atoms with Crippen molar-refractivity contribution in [3.05, 3.63) is 0 Å². The molecule has 17 heavy (non-hydrogen) atoms. The lowest BCUT2D eigenvalue weighted by molar-refractivity contribution is -0.208. The van der Waals surface area contributed by atoms with Crippen molar-refractivity contribution < 1.29 is 19.4 Å². The smallest absolute Gasteiger partial charge is 0.312 e. The molecule has 0 aromatic heterocycles. The van der Waals surface area contributed by atoms with Crippen molar-refractivity contribution in [2.45, 2.75) is 39.4 Å². The molecule has 0 aromatic carbocycles. The Labute approximate surface area is 102 Å². The van der Waals surface area contributed by atoms with Crippen LogP contribution in [-0.2, 0) is 14.3 Å². The Balaban J connectivity index is 2.72. The molecule has 1 aliphatic heterocycles. The lowest BCUT2D eigenvalue weighted by atomic mass is 9.73. The number of hydrogen-bond donors (Lipinski definition) is 1. The first-order chi connectivity index (χ1) is 7.59. The van der Waals surface area contributed by atoms with Gasteiger partial charge in [-0.25, -0.2) is 0 Å². The Morgan fingerprint density at radius 2 is 1.94 bits per heavy atom. The minimum absolute atomic E-state index is 0.0276. The molecule has 0 aromatic rings. The average molecular weight is 243 g/mol. The van der Waals surface area contributed by atoms with Crippen LogP contribution in [0.2, 0.25) is 0 Å². The van der Waals surface area contributed by atoms with E-state index < -0.39 is 23.1 Å². The minimum atomic E-state index is -1.46. The summed E-state index contributed by atoms with van der Waals surface area (Å²) in [4.78, 5) is 24.7. The van der Waals surface area contributed by atoms with Crippen LogP contribution in [0.15, 0.2) is 0 Å². The van der Waals surface area contributed by atoms with Gasteiger partial charge in [0.25, 0.3) is 0 Å². The number of esters is 1. The number of aliphatic hydroxyl groups is 1. The highest BCUT2D eigenvalue weighted by Gasteiger charge is 2.57. The van der Waals surface area contributed by atoms with Gasteiger partial charge in [0.2, 0.25) is 11.7 Å². The van der Waals surface area contributed by atoms with E-state index >= 15 is 0 Å². The van der Waals surface area contributed by atoms with Gasteiger partial charge >= 0.3 is 5.97 Å². The molecule has 0 spiro atoms. The molecule has 1 heterocycles. The number of hydrogen-bond acceptors (Lipinski definition) is 4. The summed E-state index contributed by atoms with van der Waals surface area (Å²) in [7, 11) is 3.35. The Morgan fingerprint density at radius 1 is 1.41 bits per heavy atom.